The van der Waals surface area contributed by atoms with E-state index in [0.29, 0.717) is 42.4 Å². The standard InChI is InChI=1S/C31H40N4O3/c1-23(2)19-25-21-28(34(4)32-25)31(37)35-18-12-6-11-17-33(3)30(36)27-15-9-10-16-29(27)38-22-26(35)20-24-13-7-5-8-14-24/h5,7-10,13-16,21,23,26H,6,11-12,17-20,22H2,1-4H3/t26-/m0/s1. The van der Waals surface area contributed by atoms with Crippen molar-refractivity contribution in [2.75, 3.05) is 26.7 Å². The molecule has 2 amide bonds. The number of benzene rings is 2. The summed E-state index contributed by atoms with van der Waals surface area (Å²) in [7, 11) is 3.68. The molecule has 0 bridgehead atoms. The van der Waals surface area contributed by atoms with Crippen molar-refractivity contribution >= 4 is 11.8 Å². The lowest BCUT2D eigenvalue weighted by atomic mass is 10.0. The van der Waals surface area contributed by atoms with Crippen molar-refractivity contribution in [2.45, 2.75) is 52.0 Å². The lowest BCUT2D eigenvalue weighted by molar-refractivity contribution is 0.0594. The summed E-state index contributed by atoms with van der Waals surface area (Å²) in [5.74, 6) is 0.934. The van der Waals surface area contributed by atoms with Gasteiger partial charge in [0.1, 0.15) is 18.1 Å². The van der Waals surface area contributed by atoms with Gasteiger partial charge >= 0.3 is 0 Å². The zero-order valence-corrected chi connectivity index (χ0v) is 23.1. The van der Waals surface area contributed by atoms with Crippen LogP contribution < -0.4 is 4.74 Å². The minimum Gasteiger partial charge on any atom is -0.491 e. The zero-order valence-electron chi connectivity index (χ0n) is 23.1. The maximum Gasteiger partial charge on any atom is 0.272 e. The number of carbonyl (C=O) groups is 2. The first-order chi connectivity index (χ1) is 18.3. The highest BCUT2D eigenvalue weighted by Crippen LogP contribution is 2.23. The number of fused-ring (bicyclic) bond motifs is 1. The normalized spacial score (nSPS) is 17.3. The highest BCUT2D eigenvalue weighted by Gasteiger charge is 2.29. The number of hydrogen-bond acceptors (Lipinski definition) is 4. The zero-order chi connectivity index (χ0) is 27.1. The third-order valence-electron chi connectivity index (χ3n) is 7.07. The van der Waals surface area contributed by atoms with Crippen LogP contribution in [0.2, 0.25) is 0 Å². The summed E-state index contributed by atoms with van der Waals surface area (Å²) in [5.41, 5.74) is 3.22. The molecule has 38 heavy (non-hydrogen) atoms. The molecule has 0 fully saturated rings. The molecular weight excluding hydrogens is 476 g/mol. The predicted octanol–water partition coefficient (Wildman–Crippen LogP) is 5.01. The van der Waals surface area contributed by atoms with Crippen molar-refractivity contribution in [3.05, 3.63) is 83.2 Å². The molecular formula is C31H40N4O3. The van der Waals surface area contributed by atoms with E-state index in [0.717, 1.165) is 36.9 Å². The van der Waals surface area contributed by atoms with Crippen molar-refractivity contribution in [3.63, 3.8) is 0 Å². The maximum atomic E-state index is 14.1. The smallest absolute Gasteiger partial charge is 0.272 e. The molecule has 0 aliphatic carbocycles. The molecule has 1 aliphatic rings. The van der Waals surface area contributed by atoms with Gasteiger partial charge in [-0.15, -0.1) is 0 Å². The summed E-state index contributed by atoms with van der Waals surface area (Å²) >= 11 is 0. The lowest BCUT2D eigenvalue weighted by Crippen LogP contribution is -2.46. The first kappa shape index (κ1) is 27.4. The number of aryl methyl sites for hydroxylation is 1. The van der Waals surface area contributed by atoms with Gasteiger partial charge in [-0.2, -0.15) is 5.10 Å². The SMILES string of the molecule is CC(C)Cc1cc(C(=O)N2CCCCCN(C)C(=O)c3ccccc3OC[C@@H]2Cc2ccccc2)n(C)n1. The van der Waals surface area contributed by atoms with Crippen LogP contribution in [0, 0.1) is 5.92 Å². The highest BCUT2D eigenvalue weighted by molar-refractivity contribution is 5.96. The van der Waals surface area contributed by atoms with Crippen LogP contribution in [-0.4, -0.2) is 64.2 Å². The Morgan fingerprint density at radius 3 is 2.47 bits per heavy atom. The lowest BCUT2D eigenvalue weighted by Gasteiger charge is -2.32. The Morgan fingerprint density at radius 1 is 1.00 bits per heavy atom. The molecule has 0 saturated heterocycles. The predicted molar refractivity (Wildman–Crippen MR) is 149 cm³/mol. The van der Waals surface area contributed by atoms with Crippen molar-refractivity contribution < 1.29 is 14.3 Å². The van der Waals surface area contributed by atoms with E-state index in [9.17, 15) is 9.59 Å². The molecule has 1 atom stereocenters. The molecule has 4 rings (SSSR count). The van der Waals surface area contributed by atoms with Crippen LogP contribution in [0.3, 0.4) is 0 Å². The van der Waals surface area contributed by atoms with Gasteiger partial charge in [0.05, 0.1) is 17.3 Å². The number of amides is 2. The van der Waals surface area contributed by atoms with E-state index in [1.807, 2.05) is 67.5 Å². The molecule has 1 aromatic heterocycles. The fraction of sp³-hybridized carbons (Fsp3) is 0.452. The third-order valence-corrected chi connectivity index (χ3v) is 7.07. The van der Waals surface area contributed by atoms with E-state index < -0.39 is 0 Å². The monoisotopic (exact) mass is 516 g/mol. The van der Waals surface area contributed by atoms with E-state index in [1.165, 1.54) is 0 Å². The molecule has 0 N–H and O–H groups in total. The van der Waals surface area contributed by atoms with Gasteiger partial charge in [0.15, 0.2) is 0 Å². The molecule has 0 unspecified atom stereocenters. The van der Waals surface area contributed by atoms with Crippen molar-refractivity contribution in [1.82, 2.24) is 19.6 Å². The minimum absolute atomic E-state index is 0.0316. The third kappa shape index (κ3) is 6.82. The average Bonchev–Trinajstić information content (AvgIpc) is 3.27. The van der Waals surface area contributed by atoms with Crippen LogP contribution in [0.25, 0.3) is 0 Å². The Kier molecular flexibility index (Phi) is 9.21. The summed E-state index contributed by atoms with van der Waals surface area (Å²) in [6.07, 6.45) is 4.13. The fourth-order valence-electron chi connectivity index (χ4n) is 5.06. The molecule has 0 radical (unpaired) electrons. The Labute approximate surface area is 226 Å². The van der Waals surface area contributed by atoms with Gasteiger partial charge in [0.25, 0.3) is 11.8 Å². The van der Waals surface area contributed by atoms with Gasteiger partial charge in [-0.25, -0.2) is 0 Å². The Balaban J connectivity index is 1.69. The summed E-state index contributed by atoms with van der Waals surface area (Å²) in [6, 6.07) is 19.3. The van der Waals surface area contributed by atoms with E-state index in [1.54, 1.807) is 9.58 Å². The number of carbonyl (C=O) groups excluding carboxylic acids is 2. The summed E-state index contributed by atoms with van der Waals surface area (Å²) < 4.78 is 8.06. The van der Waals surface area contributed by atoms with E-state index in [4.69, 9.17) is 4.74 Å². The molecule has 7 nitrogen and oxygen atoms in total. The quantitative estimate of drug-likeness (QED) is 0.478. The second-order valence-corrected chi connectivity index (χ2v) is 10.7. The second kappa shape index (κ2) is 12.8. The van der Waals surface area contributed by atoms with Gasteiger partial charge in [0.2, 0.25) is 0 Å². The fourth-order valence-corrected chi connectivity index (χ4v) is 5.06. The van der Waals surface area contributed by atoms with Gasteiger partial charge < -0.3 is 14.5 Å². The van der Waals surface area contributed by atoms with Crippen molar-refractivity contribution in [3.8, 4) is 5.75 Å². The maximum absolute atomic E-state index is 14.1. The van der Waals surface area contributed by atoms with E-state index in [-0.39, 0.29) is 24.5 Å². The van der Waals surface area contributed by atoms with Crippen molar-refractivity contribution in [2.24, 2.45) is 13.0 Å². The van der Waals surface area contributed by atoms with Gasteiger partial charge in [0, 0.05) is 27.2 Å². The van der Waals surface area contributed by atoms with Gasteiger partial charge in [-0.3, -0.25) is 14.3 Å². The number of para-hydroxylation sites is 1. The van der Waals surface area contributed by atoms with Crippen molar-refractivity contribution in [1.29, 1.82) is 0 Å². The topological polar surface area (TPSA) is 67.7 Å². The molecule has 2 aromatic carbocycles. The molecule has 0 saturated carbocycles. The van der Waals surface area contributed by atoms with Crippen LogP contribution in [0.5, 0.6) is 5.75 Å². The number of aromatic nitrogens is 2. The van der Waals surface area contributed by atoms with Crippen LogP contribution in [-0.2, 0) is 19.9 Å². The highest BCUT2D eigenvalue weighted by atomic mass is 16.5. The molecule has 7 heteroatoms. The molecule has 2 heterocycles. The first-order valence-electron chi connectivity index (χ1n) is 13.7. The summed E-state index contributed by atoms with van der Waals surface area (Å²) in [5, 5.41) is 4.63. The average molecular weight is 517 g/mol. The summed E-state index contributed by atoms with van der Waals surface area (Å²) in [6.45, 7) is 5.87. The Morgan fingerprint density at radius 2 is 1.71 bits per heavy atom. The largest absolute Gasteiger partial charge is 0.491 e. The molecule has 1 aliphatic heterocycles. The first-order valence-corrected chi connectivity index (χ1v) is 13.7. The van der Waals surface area contributed by atoms with Crippen LogP contribution in [0.4, 0.5) is 0 Å². The number of rotatable bonds is 5. The van der Waals surface area contributed by atoms with Crippen LogP contribution in [0.1, 0.15) is 65.2 Å². The van der Waals surface area contributed by atoms with Gasteiger partial charge in [-0.05, 0) is 61.8 Å². The molecule has 3 aromatic rings. The molecule has 0 spiro atoms. The number of nitrogens with zero attached hydrogens (tertiary/aromatic N) is 4. The van der Waals surface area contributed by atoms with Crippen LogP contribution in [0.15, 0.2) is 60.7 Å². The minimum atomic E-state index is -0.213. The Hall–Kier alpha value is -3.61. The van der Waals surface area contributed by atoms with Gasteiger partial charge in [-0.1, -0.05) is 56.3 Å². The van der Waals surface area contributed by atoms with E-state index >= 15 is 0 Å². The second-order valence-electron chi connectivity index (χ2n) is 10.7. The Bertz CT molecular complexity index is 1220. The number of ether oxygens (including phenoxy) is 1. The summed E-state index contributed by atoms with van der Waals surface area (Å²) in [4.78, 5) is 31.0. The molecule has 202 valence electrons. The number of hydrogen-bond donors (Lipinski definition) is 0. The van der Waals surface area contributed by atoms with E-state index in [2.05, 4.69) is 31.1 Å². The van der Waals surface area contributed by atoms with Crippen LogP contribution >= 0.6 is 0 Å².